The number of nitrogens with zero attached hydrogens (tertiary/aromatic N) is 1. The normalized spacial score (nSPS) is 10.1. The lowest BCUT2D eigenvalue weighted by atomic mass is 10.3. The van der Waals surface area contributed by atoms with Crippen molar-refractivity contribution in [2.45, 2.75) is 6.61 Å². The van der Waals surface area contributed by atoms with E-state index in [4.69, 9.17) is 15.2 Å². The van der Waals surface area contributed by atoms with Crippen LogP contribution in [0, 0.1) is 0 Å². The van der Waals surface area contributed by atoms with Crippen molar-refractivity contribution in [3.05, 3.63) is 46.7 Å². The number of aromatic nitrogens is 1. The van der Waals surface area contributed by atoms with Gasteiger partial charge in [0.15, 0.2) is 0 Å². The van der Waals surface area contributed by atoms with Crippen molar-refractivity contribution in [2.75, 3.05) is 12.8 Å². The fraction of sp³-hybridized carbons (Fsp3) is 0.154. The molecule has 0 aliphatic heterocycles. The maximum atomic E-state index is 5.79. The second kappa shape index (κ2) is 5.73. The number of nitrogens with two attached hydrogens (primary N) is 1. The SMILES string of the molecule is COc1ccc(OCc2ccc(Br)cn2)cc1N. The molecule has 0 aliphatic rings. The first-order chi connectivity index (χ1) is 8.69. The highest BCUT2D eigenvalue weighted by Crippen LogP contribution is 2.26. The molecular formula is C13H13BrN2O2. The number of pyridine rings is 1. The molecule has 2 aromatic rings. The maximum Gasteiger partial charge on any atom is 0.142 e. The van der Waals surface area contributed by atoms with Crippen LogP contribution in [0.3, 0.4) is 0 Å². The minimum Gasteiger partial charge on any atom is -0.495 e. The van der Waals surface area contributed by atoms with Crippen LogP contribution < -0.4 is 15.2 Å². The zero-order valence-electron chi connectivity index (χ0n) is 9.89. The Balaban J connectivity index is 2.02. The van der Waals surface area contributed by atoms with E-state index in [0.29, 0.717) is 23.8 Å². The minimum absolute atomic E-state index is 0.402. The molecular weight excluding hydrogens is 296 g/mol. The lowest BCUT2D eigenvalue weighted by Gasteiger charge is -2.09. The van der Waals surface area contributed by atoms with Gasteiger partial charge in [0.25, 0.3) is 0 Å². The van der Waals surface area contributed by atoms with Gasteiger partial charge in [0.2, 0.25) is 0 Å². The van der Waals surface area contributed by atoms with Gasteiger partial charge in [0.05, 0.1) is 18.5 Å². The van der Waals surface area contributed by atoms with Gasteiger partial charge >= 0.3 is 0 Å². The van der Waals surface area contributed by atoms with Gasteiger partial charge in [-0.2, -0.15) is 0 Å². The average molecular weight is 309 g/mol. The number of hydrogen-bond donors (Lipinski definition) is 1. The summed E-state index contributed by atoms with van der Waals surface area (Å²) in [5.41, 5.74) is 7.20. The number of halogens is 1. The van der Waals surface area contributed by atoms with Gasteiger partial charge in [-0.25, -0.2) is 0 Å². The standard InChI is InChI=1S/C13H13BrN2O2/c1-17-13-5-4-11(6-12(13)15)18-8-10-3-2-9(14)7-16-10/h2-7H,8,15H2,1H3. The quantitative estimate of drug-likeness (QED) is 0.882. The van der Waals surface area contributed by atoms with Crippen molar-refractivity contribution < 1.29 is 9.47 Å². The average Bonchev–Trinajstić information content (AvgIpc) is 2.38. The van der Waals surface area contributed by atoms with Crippen LogP contribution in [-0.4, -0.2) is 12.1 Å². The molecule has 2 rings (SSSR count). The zero-order chi connectivity index (χ0) is 13.0. The largest absolute Gasteiger partial charge is 0.495 e. The summed E-state index contributed by atoms with van der Waals surface area (Å²) in [6.45, 7) is 0.402. The number of methoxy groups -OCH3 is 1. The van der Waals surface area contributed by atoms with Crippen LogP contribution in [0.25, 0.3) is 0 Å². The molecule has 1 heterocycles. The van der Waals surface area contributed by atoms with Gasteiger partial charge in [0.1, 0.15) is 18.1 Å². The van der Waals surface area contributed by atoms with Gasteiger partial charge in [-0.3, -0.25) is 4.98 Å². The zero-order valence-corrected chi connectivity index (χ0v) is 11.5. The Morgan fingerprint density at radius 1 is 1.28 bits per heavy atom. The first-order valence-electron chi connectivity index (χ1n) is 5.36. The summed E-state index contributed by atoms with van der Waals surface area (Å²) in [6.07, 6.45) is 1.74. The van der Waals surface area contributed by atoms with Crippen LogP contribution >= 0.6 is 15.9 Å². The highest BCUT2D eigenvalue weighted by molar-refractivity contribution is 9.10. The smallest absolute Gasteiger partial charge is 0.142 e. The van der Waals surface area contributed by atoms with E-state index >= 15 is 0 Å². The third-order valence-corrected chi connectivity index (χ3v) is 2.85. The van der Waals surface area contributed by atoms with Gasteiger partial charge in [0, 0.05) is 16.7 Å². The minimum atomic E-state index is 0.402. The van der Waals surface area contributed by atoms with Crippen LogP contribution in [0.2, 0.25) is 0 Å². The predicted octanol–water partition coefficient (Wildman–Crippen LogP) is 3.01. The number of hydrogen-bond acceptors (Lipinski definition) is 4. The van der Waals surface area contributed by atoms with Crippen LogP contribution in [-0.2, 0) is 6.61 Å². The van der Waals surface area contributed by atoms with Crippen molar-refractivity contribution in [2.24, 2.45) is 0 Å². The lowest BCUT2D eigenvalue weighted by Crippen LogP contribution is -1.99. The molecule has 1 aromatic carbocycles. The Morgan fingerprint density at radius 2 is 2.11 bits per heavy atom. The summed E-state index contributed by atoms with van der Waals surface area (Å²) in [7, 11) is 1.58. The highest BCUT2D eigenvalue weighted by Gasteiger charge is 2.02. The first-order valence-corrected chi connectivity index (χ1v) is 6.15. The molecule has 94 valence electrons. The summed E-state index contributed by atoms with van der Waals surface area (Å²) in [4.78, 5) is 4.22. The second-order valence-electron chi connectivity index (χ2n) is 3.66. The molecule has 5 heteroatoms. The third kappa shape index (κ3) is 3.13. The Labute approximate surface area is 114 Å². The molecule has 0 saturated heterocycles. The van der Waals surface area contributed by atoms with Crippen LogP contribution in [0.1, 0.15) is 5.69 Å². The molecule has 0 fully saturated rings. The third-order valence-electron chi connectivity index (χ3n) is 2.38. The Morgan fingerprint density at radius 3 is 2.72 bits per heavy atom. The van der Waals surface area contributed by atoms with Crippen LogP contribution in [0.15, 0.2) is 41.0 Å². The van der Waals surface area contributed by atoms with Gasteiger partial charge in [-0.05, 0) is 40.2 Å². The van der Waals surface area contributed by atoms with Crippen LogP contribution in [0.4, 0.5) is 5.69 Å². The fourth-order valence-electron chi connectivity index (χ4n) is 1.45. The number of anilines is 1. The van der Waals surface area contributed by atoms with E-state index in [1.807, 2.05) is 18.2 Å². The van der Waals surface area contributed by atoms with E-state index in [1.54, 1.807) is 25.4 Å². The number of benzene rings is 1. The summed E-state index contributed by atoms with van der Waals surface area (Å²) >= 11 is 3.33. The van der Waals surface area contributed by atoms with Gasteiger partial charge < -0.3 is 15.2 Å². The van der Waals surface area contributed by atoms with Crippen molar-refractivity contribution in [3.63, 3.8) is 0 Å². The predicted molar refractivity (Wildman–Crippen MR) is 73.7 cm³/mol. The van der Waals surface area contributed by atoms with Crippen molar-refractivity contribution in [1.29, 1.82) is 0 Å². The highest BCUT2D eigenvalue weighted by atomic mass is 79.9. The molecule has 0 aliphatic carbocycles. The Kier molecular flexibility index (Phi) is 4.04. The van der Waals surface area contributed by atoms with E-state index in [0.717, 1.165) is 10.2 Å². The topological polar surface area (TPSA) is 57.4 Å². The van der Waals surface area contributed by atoms with Crippen LogP contribution in [0.5, 0.6) is 11.5 Å². The molecule has 0 atom stereocenters. The molecule has 4 nitrogen and oxygen atoms in total. The summed E-state index contributed by atoms with van der Waals surface area (Å²) < 4.78 is 11.6. The summed E-state index contributed by atoms with van der Waals surface area (Å²) in [5.74, 6) is 1.34. The lowest BCUT2D eigenvalue weighted by molar-refractivity contribution is 0.301. The van der Waals surface area contributed by atoms with E-state index < -0.39 is 0 Å². The summed E-state index contributed by atoms with van der Waals surface area (Å²) in [5, 5.41) is 0. The molecule has 0 spiro atoms. The molecule has 0 radical (unpaired) electrons. The van der Waals surface area contributed by atoms with E-state index in [-0.39, 0.29) is 0 Å². The Hall–Kier alpha value is -1.75. The Bertz CT molecular complexity index is 529. The molecule has 0 unspecified atom stereocenters. The van der Waals surface area contributed by atoms with E-state index in [9.17, 15) is 0 Å². The number of ether oxygens (including phenoxy) is 2. The molecule has 0 bridgehead atoms. The molecule has 0 saturated carbocycles. The van der Waals surface area contributed by atoms with E-state index in [2.05, 4.69) is 20.9 Å². The second-order valence-corrected chi connectivity index (χ2v) is 4.58. The first kappa shape index (κ1) is 12.7. The van der Waals surface area contributed by atoms with Crippen molar-refractivity contribution in [1.82, 2.24) is 4.98 Å². The molecule has 18 heavy (non-hydrogen) atoms. The number of rotatable bonds is 4. The van der Waals surface area contributed by atoms with Crippen molar-refractivity contribution >= 4 is 21.6 Å². The van der Waals surface area contributed by atoms with Crippen molar-refractivity contribution in [3.8, 4) is 11.5 Å². The molecule has 0 amide bonds. The van der Waals surface area contributed by atoms with Gasteiger partial charge in [-0.15, -0.1) is 0 Å². The molecule has 1 aromatic heterocycles. The monoisotopic (exact) mass is 308 g/mol. The van der Waals surface area contributed by atoms with Gasteiger partial charge in [-0.1, -0.05) is 0 Å². The van der Waals surface area contributed by atoms with E-state index in [1.165, 1.54) is 0 Å². The molecule has 2 N–H and O–H groups in total. The maximum absolute atomic E-state index is 5.79. The summed E-state index contributed by atoms with van der Waals surface area (Å²) in [6, 6.07) is 9.15. The fourth-order valence-corrected chi connectivity index (χ4v) is 1.69. The number of nitrogen functional groups attached to an aromatic ring is 1.